The average molecular weight is 326 g/mol. The minimum Gasteiger partial charge on any atom is -0.388 e. The first-order chi connectivity index (χ1) is 8.63. The van der Waals surface area contributed by atoms with Crippen molar-refractivity contribution in [2.75, 3.05) is 6.54 Å². The summed E-state index contributed by atoms with van der Waals surface area (Å²) in [6.07, 6.45) is -0.539. The maximum absolute atomic E-state index is 10.5. The van der Waals surface area contributed by atoms with E-state index in [0.29, 0.717) is 6.54 Å². The molecule has 0 saturated heterocycles. The molecule has 0 amide bonds. The van der Waals surface area contributed by atoms with Crippen molar-refractivity contribution in [3.05, 3.63) is 56.2 Å². The van der Waals surface area contributed by atoms with E-state index in [1.807, 2.05) is 41.9 Å². The minimum atomic E-state index is -0.539. The molecule has 0 fully saturated rings. The van der Waals surface area contributed by atoms with Crippen molar-refractivity contribution < 1.29 is 5.11 Å². The quantitative estimate of drug-likeness (QED) is 0.902. The van der Waals surface area contributed by atoms with E-state index in [9.17, 15) is 5.11 Å². The molecule has 2 nitrogen and oxygen atoms in total. The summed E-state index contributed by atoms with van der Waals surface area (Å²) in [6.45, 7) is 2.45. The second-order valence-corrected chi connectivity index (χ2v) is 6.01. The van der Waals surface area contributed by atoms with Crippen LogP contribution in [0.4, 0.5) is 0 Å². The molecule has 2 atom stereocenters. The van der Waals surface area contributed by atoms with Crippen LogP contribution in [0.1, 0.15) is 28.7 Å². The molecule has 1 aromatic carbocycles. The number of aryl methyl sites for hydroxylation is 1. The van der Waals surface area contributed by atoms with Crippen LogP contribution < -0.4 is 5.73 Å². The van der Waals surface area contributed by atoms with E-state index in [0.717, 1.165) is 21.2 Å². The van der Waals surface area contributed by atoms with E-state index in [2.05, 4.69) is 15.9 Å². The second-order valence-electron chi connectivity index (χ2n) is 4.35. The number of aliphatic hydroxyl groups excluding tert-OH is 1. The molecule has 1 heterocycles. The highest BCUT2D eigenvalue weighted by Crippen LogP contribution is 2.33. The summed E-state index contributed by atoms with van der Waals surface area (Å²) < 4.78 is 1.03. The van der Waals surface area contributed by atoms with Crippen LogP contribution in [-0.2, 0) is 0 Å². The first kappa shape index (κ1) is 13.7. The third kappa shape index (κ3) is 2.83. The van der Waals surface area contributed by atoms with Gasteiger partial charge < -0.3 is 10.8 Å². The van der Waals surface area contributed by atoms with Crippen LogP contribution in [0.3, 0.4) is 0 Å². The molecular formula is C14H16BrNOS. The Morgan fingerprint density at radius 2 is 1.94 bits per heavy atom. The van der Waals surface area contributed by atoms with Gasteiger partial charge in [0.2, 0.25) is 0 Å². The van der Waals surface area contributed by atoms with Gasteiger partial charge in [0.25, 0.3) is 0 Å². The zero-order valence-corrected chi connectivity index (χ0v) is 12.5. The molecule has 0 aliphatic carbocycles. The van der Waals surface area contributed by atoms with Crippen LogP contribution in [0.15, 0.2) is 39.5 Å². The number of hydrogen-bond acceptors (Lipinski definition) is 3. The van der Waals surface area contributed by atoms with Gasteiger partial charge in [0.1, 0.15) is 0 Å². The van der Waals surface area contributed by atoms with Gasteiger partial charge in [-0.1, -0.05) is 28.1 Å². The summed E-state index contributed by atoms with van der Waals surface area (Å²) in [5.74, 6) is -0.0635. The molecule has 2 rings (SSSR count). The SMILES string of the molecule is Cc1cscc1C(O)C(CN)c1ccc(Br)cc1. The highest BCUT2D eigenvalue weighted by Gasteiger charge is 2.23. The topological polar surface area (TPSA) is 46.2 Å². The minimum absolute atomic E-state index is 0.0635. The fourth-order valence-corrected chi connectivity index (χ4v) is 3.19. The molecule has 0 spiro atoms. The molecule has 0 bridgehead atoms. The monoisotopic (exact) mass is 325 g/mol. The number of rotatable bonds is 4. The van der Waals surface area contributed by atoms with Crippen molar-refractivity contribution in [1.82, 2.24) is 0 Å². The second kappa shape index (κ2) is 5.97. The van der Waals surface area contributed by atoms with Crippen molar-refractivity contribution in [2.24, 2.45) is 5.73 Å². The van der Waals surface area contributed by atoms with E-state index in [1.54, 1.807) is 11.3 Å². The summed E-state index contributed by atoms with van der Waals surface area (Å²) >= 11 is 5.02. The van der Waals surface area contributed by atoms with Crippen LogP contribution in [-0.4, -0.2) is 11.7 Å². The van der Waals surface area contributed by atoms with Crippen molar-refractivity contribution in [3.8, 4) is 0 Å². The van der Waals surface area contributed by atoms with Gasteiger partial charge in [-0.3, -0.25) is 0 Å². The highest BCUT2D eigenvalue weighted by molar-refractivity contribution is 9.10. The number of benzene rings is 1. The summed E-state index contributed by atoms with van der Waals surface area (Å²) in [6, 6.07) is 7.97. The molecule has 4 heteroatoms. The van der Waals surface area contributed by atoms with Crippen LogP contribution in [0.5, 0.6) is 0 Å². The van der Waals surface area contributed by atoms with E-state index in [4.69, 9.17) is 5.73 Å². The molecule has 3 N–H and O–H groups in total. The molecule has 2 unspecified atom stereocenters. The molecule has 0 aliphatic rings. The molecular weight excluding hydrogens is 310 g/mol. The Labute approximate surface area is 120 Å². The predicted molar refractivity (Wildman–Crippen MR) is 80.0 cm³/mol. The van der Waals surface area contributed by atoms with Gasteiger partial charge in [0.15, 0.2) is 0 Å². The number of halogens is 1. The number of hydrogen-bond donors (Lipinski definition) is 2. The van der Waals surface area contributed by atoms with Crippen LogP contribution in [0.2, 0.25) is 0 Å². The van der Waals surface area contributed by atoms with Crippen LogP contribution in [0, 0.1) is 6.92 Å². The molecule has 0 saturated carbocycles. The summed E-state index contributed by atoms with van der Waals surface area (Å²) in [4.78, 5) is 0. The predicted octanol–water partition coefficient (Wildman–Crippen LogP) is 3.59. The maximum Gasteiger partial charge on any atom is 0.0881 e. The Bertz CT molecular complexity index is 509. The lowest BCUT2D eigenvalue weighted by Crippen LogP contribution is -2.20. The van der Waals surface area contributed by atoms with Crippen molar-refractivity contribution >= 4 is 27.3 Å². The van der Waals surface area contributed by atoms with E-state index in [-0.39, 0.29) is 5.92 Å². The average Bonchev–Trinajstić information content (AvgIpc) is 2.78. The normalized spacial score (nSPS) is 14.4. The molecule has 0 radical (unpaired) electrons. The Morgan fingerprint density at radius 3 is 2.44 bits per heavy atom. The van der Waals surface area contributed by atoms with Gasteiger partial charge in [0, 0.05) is 16.9 Å². The Balaban J connectivity index is 2.28. The Morgan fingerprint density at radius 1 is 1.28 bits per heavy atom. The van der Waals surface area contributed by atoms with E-state index < -0.39 is 6.10 Å². The van der Waals surface area contributed by atoms with Gasteiger partial charge >= 0.3 is 0 Å². The first-order valence-corrected chi connectivity index (χ1v) is 7.53. The number of nitrogens with two attached hydrogens (primary N) is 1. The number of thiophene rings is 1. The Hall–Kier alpha value is -0.680. The third-order valence-electron chi connectivity index (χ3n) is 3.15. The van der Waals surface area contributed by atoms with Crippen LogP contribution >= 0.6 is 27.3 Å². The summed E-state index contributed by atoms with van der Waals surface area (Å²) in [5, 5.41) is 14.5. The largest absolute Gasteiger partial charge is 0.388 e. The standard InChI is InChI=1S/C14H16BrNOS/c1-9-7-18-8-13(9)14(17)12(6-16)10-2-4-11(15)5-3-10/h2-5,7-8,12,14,17H,6,16H2,1H3. The summed E-state index contributed by atoms with van der Waals surface area (Å²) in [5.41, 5.74) is 9.01. The van der Waals surface area contributed by atoms with Gasteiger partial charge in [-0.25, -0.2) is 0 Å². The van der Waals surface area contributed by atoms with Gasteiger partial charge in [-0.2, -0.15) is 11.3 Å². The lowest BCUT2D eigenvalue weighted by molar-refractivity contribution is 0.147. The highest BCUT2D eigenvalue weighted by atomic mass is 79.9. The van der Waals surface area contributed by atoms with Crippen molar-refractivity contribution in [2.45, 2.75) is 18.9 Å². The molecule has 0 aliphatic heterocycles. The summed E-state index contributed by atoms with van der Waals surface area (Å²) in [7, 11) is 0. The fourth-order valence-electron chi connectivity index (χ4n) is 2.05. The van der Waals surface area contributed by atoms with Crippen molar-refractivity contribution in [1.29, 1.82) is 0 Å². The molecule has 18 heavy (non-hydrogen) atoms. The molecule has 2 aromatic rings. The van der Waals surface area contributed by atoms with Crippen LogP contribution in [0.25, 0.3) is 0 Å². The van der Waals surface area contributed by atoms with Gasteiger partial charge in [0.05, 0.1) is 6.10 Å². The lowest BCUT2D eigenvalue weighted by atomic mass is 9.89. The van der Waals surface area contributed by atoms with E-state index in [1.165, 1.54) is 0 Å². The zero-order chi connectivity index (χ0) is 13.1. The zero-order valence-electron chi connectivity index (χ0n) is 10.1. The lowest BCUT2D eigenvalue weighted by Gasteiger charge is -2.22. The maximum atomic E-state index is 10.5. The van der Waals surface area contributed by atoms with Crippen molar-refractivity contribution in [3.63, 3.8) is 0 Å². The first-order valence-electron chi connectivity index (χ1n) is 5.79. The molecule has 1 aromatic heterocycles. The molecule has 96 valence electrons. The van der Waals surface area contributed by atoms with E-state index >= 15 is 0 Å². The smallest absolute Gasteiger partial charge is 0.0881 e. The fraction of sp³-hybridized carbons (Fsp3) is 0.286. The van der Waals surface area contributed by atoms with Gasteiger partial charge in [-0.05, 0) is 46.5 Å². The number of aliphatic hydroxyl groups is 1. The van der Waals surface area contributed by atoms with Gasteiger partial charge in [-0.15, -0.1) is 0 Å². The third-order valence-corrected chi connectivity index (χ3v) is 4.56. The Kier molecular flexibility index (Phi) is 4.56.